The van der Waals surface area contributed by atoms with Crippen LogP contribution in [0.5, 0.6) is 0 Å². The molecule has 0 aliphatic carbocycles. The van der Waals surface area contributed by atoms with Gasteiger partial charge in [-0.3, -0.25) is 0 Å². The van der Waals surface area contributed by atoms with E-state index in [4.69, 9.17) is 5.73 Å². The molecule has 3 atom stereocenters. The van der Waals surface area contributed by atoms with Gasteiger partial charge in [0.25, 0.3) is 0 Å². The van der Waals surface area contributed by atoms with Gasteiger partial charge >= 0.3 is 0 Å². The number of nitrogens with one attached hydrogen (secondary N) is 1. The summed E-state index contributed by atoms with van der Waals surface area (Å²) in [5, 5.41) is 3.27. The second-order valence-electron chi connectivity index (χ2n) is 3.30. The molecule has 0 aromatic rings. The summed E-state index contributed by atoms with van der Waals surface area (Å²) in [6.45, 7) is 8.23. The van der Waals surface area contributed by atoms with Crippen LogP contribution in [0, 0.1) is 18.8 Å². The first-order chi connectivity index (χ1) is 4.72. The SMILES string of the molecule is [CH2]C(C)C1CCNCC1N. The lowest BCUT2D eigenvalue weighted by molar-refractivity contribution is 0.270. The quantitative estimate of drug-likeness (QED) is 0.554. The van der Waals surface area contributed by atoms with Crippen molar-refractivity contribution in [1.82, 2.24) is 5.32 Å². The lowest BCUT2D eigenvalue weighted by Gasteiger charge is -2.31. The third-order valence-corrected chi connectivity index (χ3v) is 2.32. The van der Waals surface area contributed by atoms with E-state index >= 15 is 0 Å². The van der Waals surface area contributed by atoms with Crippen LogP contribution >= 0.6 is 0 Å². The smallest absolute Gasteiger partial charge is 0.0196 e. The first kappa shape index (κ1) is 8.02. The van der Waals surface area contributed by atoms with E-state index in [1.807, 2.05) is 0 Å². The maximum Gasteiger partial charge on any atom is 0.0196 e. The van der Waals surface area contributed by atoms with E-state index in [1.165, 1.54) is 6.42 Å². The van der Waals surface area contributed by atoms with E-state index in [9.17, 15) is 0 Å². The van der Waals surface area contributed by atoms with E-state index in [2.05, 4.69) is 19.2 Å². The predicted molar refractivity (Wildman–Crippen MR) is 43.5 cm³/mol. The molecule has 2 heteroatoms. The molecular weight excluding hydrogens is 124 g/mol. The molecule has 0 saturated carbocycles. The maximum absolute atomic E-state index is 5.88. The van der Waals surface area contributed by atoms with E-state index in [0.717, 1.165) is 13.1 Å². The fourth-order valence-corrected chi connectivity index (χ4v) is 1.61. The van der Waals surface area contributed by atoms with E-state index < -0.39 is 0 Å². The van der Waals surface area contributed by atoms with Crippen LogP contribution in [0.4, 0.5) is 0 Å². The summed E-state index contributed by atoms with van der Waals surface area (Å²) >= 11 is 0. The Morgan fingerprint density at radius 2 is 2.40 bits per heavy atom. The summed E-state index contributed by atoms with van der Waals surface area (Å²) in [4.78, 5) is 0. The molecule has 2 nitrogen and oxygen atoms in total. The Kier molecular flexibility index (Phi) is 2.69. The van der Waals surface area contributed by atoms with E-state index in [0.29, 0.717) is 17.9 Å². The Morgan fingerprint density at radius 1 is 1.70 bits per heavy atom. The number of nitrogens with two attached hydrogens (primary N) is 1. The molecule has 0 aromatic heterocycles. The van der Waals surface area contributed by atoms with Gasteiger partial charge in [0.1, 0.15) is 0 Å². The summed E-state index contributed by atoms with van der Waals surface area (Å²) < 4.78 is 0. The van der Waals surface area contributed by atoms with Crippen molar-refractivity contribution in [3.05, 3.63) is 6.92 Å². The van der Waals surface area contributed by atoms with Crippen molar-refractivity contribution in [2.75, 3.05) is 13.1 Å². The second kappa shape index (κ2) is 3.35. The van der Waals surface area contributed by atoms with Gasteiger partial charge < -0.3 is 11.1 Å². The van der Waals surface area contributed by atoms with Crippen LogP contribution in [0.25, 0.3) is 0 Å². The van der Waals surface area contributed by atoms with Gasteiger partial charge in [0.2, 0.25) is 0 Å². The zero-order valence-corrected chi connectivity index (χ0v) is 6.64. The van der Waals surface area contributed by atoms with Crippen LogP contribution < -0.4 is 11.1 Å². The van der Waals surface area contributed by atoms with Gasteiger partial charge in [-0.05, 0) is 24.8 Å². The normalized spacial score (nSPS) is 34.8. The average Bonchev–Trinajstić information content (AvgIpc) is 1.88. The highest BCUT2D eigenvalue weighted by atomic mass is 14.9. The number of hydrogen-bond acceptors (Lipinski definition) is 2. The average molecular weight is 141 g/mol. The van der Waals surface area contributed by atoms with Crippen molar-refractivity contribution in [3.63, 3.8) is 0 Å². The fourth-order valence-electron chi connectivity index (χ4n) is 1.61. The number of piperidine rings is 1. The summed E-state index contributed by atoms with van der Waals surface area (Å²) in [5.41, 5.74) is 5.88. The van der Waals surface area contributed by atoms with E-state index in [1.54, 1.807) is 0 Å². The fraction of sp³-hybridized carbons (Fsp3) is 0.875. The molecular formula is C8H17N2. The van der Waals surface area contributed by atoms with Crippen LogP contribution in [-0.2, 0) is 0 Å². The number of rotatable bonds is 1. The Labute approximate surface area is 63.2 Å². The second-order valence-corrected chi connectivity index (χ2v) is 3.30. The Morgan fingerprint density at radius 3 is 2.80 bits per heavy atom. The summed E-state index contributed by atoms with van der Waals surface area (Å²) in [5.74, 6) is 1.12. The molecule has 3 unspecified atom stereocenters. The van der Waals surface area contributed by atoms with Gasteiger partial charge in [-0.1, -0.05) is 13.8 Å². The van der Waals surface area contributed by atoms with Gasteiger partial charge in [0.15, 0.2) is 0 Å². The van der Waals surface area contributed by atoms with Crippen LogP contribution in [0.15, 0.2) is 0 Å². The molecule has 10 heavy (non-hydrogen) atoms. The predicted octanol–water partition coefficient (Wildman–Crippen LogP) is 0.393. The molecule has 59 valence electrons. The topological polar surface area (TPSA) is 38.0 Å². The molecule has 3 N–H and O–H groups in total. The van der Waals surface area contributed by atoms with Gasteiger partial charge in [-0.25, -0.2) is 0 Å². The molecule has 0 amide bonds. The third kappa shape index (κ3) is 1.70. The molecule has 1 heterocycles. The van der Waals surface area contributed by atoms with Crippen molar-refractivity contribution in [2.24, 2.45) is 17.6 Å². The summed E-state index contributed by atoms with van der Waals surface area (Å²) in [7, 11) is 0. The molecule has 1 radical (unpaired) electrons. The molecule has 0 spiro atoms. The van der Waals surface area contributed by atoms with Crippen LogP contribution in [-0.4, -0.2) is 19.1 Å². The first-order valence-electron chi connectivity index (χ1n) is 4.01. The Bertz CT molecular complexity index is 101. The van der Waals surface area contributed by atoms with Gasteiger partial charge in [-0.2, -0.15) is 0 Å². The minimum atomic E-state index is 0.321. The molecule has 1 saturated heterocycles. The van der Waals surface area contributed by atoms with E-state index in [-0.39, 0.29) is 0 Å². The van der Waals surface area contributed by atoms with Crippen LogP contribution in [0.3, 0.4) is 0 Å². The van der Waals surface area contributed by atoms with Gasteiger partial charge in [0.05, 0.1) is 0 Å². The highest BCUT2D eigenvalue weighted by Crippen LogP contribution is 2.19. The number of hydrogen-bond donors (Lipinski definition) is 2. The van der Waals surface area contributed by atoms with Crippen LogP contribution in [0.2, 0.25) is 0 Å². The monoisotopic (exact) mass is 141 g/mol. The maximum atomic E-state index is 5.88. The minimum absolute atomic E-state index is 0.321. The van der Waals surface area contributed by atoms with Crippen LogP contribution in [0.1, 0.15) is 13.3 Å². The highest BCUT2D eigenvalue weighted by Gasteiger charge is 2.23. The Hall–Kier alpha value is -0.0800. The third-order valence-electron chi connectivity index (χ3n) is 2.32. The van der Waals surface area contributed by atoms with Gasteiger partial charge in [0, 0.05) is 12.6 Å². The van der Waals surface area contributed by atoms with Crippen molar-refractivity contribution >= 4 is 0 Å². The molecule has 1 rings (SSSR count). The zero-order chi connectivity index (χ0) is 7.56. The lowest BCUT2D eigenvalue weighted by atomic mass is 9.84. The molecule has 1 aliphatic rings. The Balaban J connectivity index is 2.40. The summed E-state index contributed by atoms with van der Waals surface area (Å²) in [6.07, 6.45) is 1.19. The van der Waals surface area contributed by atoms with Crippen molar-refractivity contribution < 1.29 is 0 Å². The molecule has 0 aromatic carbocycles. The van der Waals surface area contributed by atoms with Crippen molar-refractivity contribution in [3.8, 4) is 0 Å². The van der Waals surface area contributed by atoms with Crippen molar-refractivity contribution in [1.29, 1.82) is 0 Å². The molecule has 1 fully saturated rings. The van der Waals surface area contributed by atoms with Gasteiger partial charge in [-0.15, -0.1) is 0 Å². The largest absolute Gasteiger partial charge is 0.326 e. The summed E-state index contributed by atoms with van der Waals surface area (Å²) in [6, 6.07) is 0.321. The minimum Gasteiger partial charge on any atom is -0.326 e. The lowest BCUT2D eigenvalue weighted by Crippen LogP contribution is -2.47. The highest BCUT2D eigenvalue weighted by molar-refractivity contribution is 4.84. The molecule has 1 aliphatic heterocycles. The molecule has 0 bridgehead atoms. The van der Waals surface area contributed by atoms with Crippen molar-refractivity contribution in [2.45, 2.75) is 19.4 Å². The zero-order valence-electron chi connectivity index (χ0n) is 6.64. The standard InChI is InChI=1S/C8H17N2/c1-6(2)7-3-4-10-5-8(7)9/h6-8,10H,1,3-5,9H2,2H3. The first-order valence-corrected chi connectivity index (χ1v) is 4.01.